The summed E-state index contributed by atoms with van der Waals surface area (Å²) >= 11 is 0. The molecule has 0 atom stereocenters. The molecule has 11 nitrogen and oxygen atoms in total. The molecule has 3 aromatic rings. The minimum atomic E-state index is -0.452. The highest BCUT2D eigenvalue weighted by Crippen LogP contribution is 2.13. The Morgan fingerprint density at radius 1 is 1.36 bits per heavy atom. The number of nitrogens with two attached hydrogens (primary N) is 1. The van der Waals surface area contributed by atoms with Crippen LogP contribution in [0.1, 0.15) is 29.6 Å². The van der Waals surface area contributed by atoms with E-state index >= 15 is 0 Å². The minimum Gasteiger partial charge on any atom is -0.389 e. The molecule has 0 spiro atoms. The first-order chi connectivity index (χ1) is 13.4. The van der Waals surface area contributed by atoms with Gasteiger partial charge in [0.1, 0.15) is 17.3 Å². The first-order valence-corrected chi connectivity index (χ1v) is 8.31. The summed E-state index contributed by atoms with van der Waals surface area (Å²) in [7, 11) is 0. The summed E-state index contributed by atoms with van der Waals surface area (Å²) in [6.07, 6.45) is 3.38. The smallest absolute Gasteiger partial charge is 0.269 e. The highest BCUT2D eigenvalue weighted by molar-refractivity contribution is 5.98. The second kappa shape index (κ2) is 8.20. The van der Waals surface area contributed by atoms with Crippen LogP contribution in [-0.2, 0) is 18.0 Å². The lowest BCUT2D eigenvalue weighted by molar-refractivity contribution is -0.384. The van der Waals surface area contributed by atoms with Crippen molar-refractivity contribution >= 4 is 17.2 Å². The zero-order chi connectivity index (χ0) is 20.1. The predicted octanol–water partition coefficient (Wildman–Crippen LogP) is 1.86. The molecule has 28 heavy (non-hydrogen) atoms. The zero-order valence-corrected chi connectivity index (χ0v) is 15.3. The van der Waals surface area contributed by atoms with Gasteiger partial charge in [0.05, 0.1) is 23.4 Å². The number of anilines is 1. The van der Waals surface area contributed by atoms with Crippen LogP contribution < -0.4 is 5.73 Å². The van der Waals surface area contributed by atoms with Crippen molar-refractivity contribution in [3.05, 3.63) is 69.4 Å². The summed E-state index contributed by atoms with van der Waals surface area (Å²) in [5, 5.41) is 22.7. The van der Waals surface area contributed by atoms with E-state index in [0.29, 0.717) is 29.6 Å². The van der Waals surface area contributed by atoms with Gasteiger partial charge in [-0.1, -0.05) is 10.4 Å². The molecule has 0 unspecified atom stereocenters. The number of nitro benzene ring substituents is 1. The number of aryl methyl sites for hydroxylation is 1. The molecule has 0 saturated heterocycles. The molecule has 0 aliphatic carbocycles. The number of non-ortho nitro benzene ring substituents is 1. The zero-order valence-electron chi connectivity index (χ0n) is 15.3. The van der Waals surface area contributed by atoms with Crippen LogP contribution in [0.25, 0.3) is 0 Å². The van der Waals surface area contributed by atoms with Gasteiger partial charge >= 0.3 is 0 Å². The van der Waals surface area contributed by atoms with Crippen LogP contribution in [0, 0.1) is 17.0 Å². The average molecular weight is 382 g/mol. The maximum Gasteiger partial charge on any atom is 0.269 e. The second-order valence-electron chi connectivity index (χ2n) is 5.99. The van der Waals surface area contributed by atoms with Crippen molar-refractivity contribution in [2.24, 2.45) is 5.16 Å². The molecule has 11 heteroatoms. The summed E-state index contributed by atoms with van der Waals surface area (Å²) < 4.78 is 1.61. The van der Waals surface area contributed by atoms with Crippen LogP contribution in [0.4, 0.5) is 11.5 Å². The Morgan fingerprint density at radius 3 is 2.79 bits per heavy atom. The Morgan fingerprint density at radius 2 is 2.11 bits per heavy atom. The van der Waals surface area contributed by atoms with Gasteiger partial charge in [0, 0.05) is 23.9 Å². The van der Waals surface area contributed by atoms with E-state index in [-0.39, 0.29) is 12.3 Å². The number of benzene rings is 1. The van der Waals surface area contributed by atoms with Crippen molar-refractivity contribution in [1.29, 1.82) is 0 Å². The first kappa shape index (κ1) is 18.9. The molecule has 2 aromatic heterocycles. The van der Waals surface area contributed by atoms with E-state index in [1.807, 2.05) is 0 Å². The number of nitro groups is 1. The Hall–Kier alpha value is -3.89. The molecule has 1 aromatic carbocycles. The SMILES string of the molecule is C/C(=N\OCc1cn(Cc2cnc(C)nc2N)nn1)c1ccc([N+](=O)[O-])cc1. The van der Waals surface area contributed by atoms with Crippen LogP contribution >= 0.6 is 0 Å². The fourth-order valence-corrected chi connectivity index (χ4v) is 2.36. The van der Waals surface area contributed by atoms with Crippen molar-refractivity contribution < 1.29 is 9.76 Å². The number of nitrogens with zero attached hydrogens (tertiary/aromatic N) is 7. The lowest BCUT2D eigenvalue weighted by Crippen LogP contribution is -2.07. The van der Waals surface area contributed by atoms with Crippen molar-refractivity contribution in [3.8, 4) is 0 Å². The van der Waals surface area contributed by atoms with Gasteiger partial charge in [0.15, 0.2) is 6.61 Å². The van der Waals surface area contributed by atoms with E-state index < -0.39 is 4.92 Å². The van der Waals surface area contributed by atoms with Gasteiger partial charge in [0.2, 0.25) is 0 Å². The number of rotatable bonds is 7. The molecule has 0 aliphatic heterocycles. The third kappa shape index (κ3) is 4.63. The van der Waals surface area contributed by atoms with E-state index in [0.717, 1.165) is 11.1 Å². The van der Waals surface area contributed by atoms with Crippen LogP contribution in [0.15, 0.2) is 41.8 Å². The standard InChI is InChI=1S/C17H18N8O3/c1-11(13-3-5-16(6-4-13)25(26)27)22-28-10-15-9-24(23-21-15)8-14-7-19-12(2)20-17(14)18/h3-7,9H,8,10H2,1-2H3,(H2,18,19,20)/b22-11+. The van der Waals surface area contributed by atoms with Gasteiger partial charge < -0.3 is 10.6 Å². The molecule has 2 heterocycles. The molecule has 0 saturated carbocycles. The largest absolute Gasteiger partial charge is 0.389 e. The average Bonchev–Trinajstić information content (AvgIpc) is 3.11. The molecule has 2 N–H and O–H groups in total. The van der Waals surface area contributed by atoms with Crippen LogP contribution in [0.3, 0.4) is 0 Å². The summed E-state index contributed by atoms with van der Waals surface area (Å²) in [5.41, 5.74) is 8.55. The van der Waals surface area contributed by atoms with Crippen molar-refractivity contribution in [3.63, 3.8) is 0 Å². The normalized spacial score (nSPS) is 11.4. The topological polar surface area (TPSA) is 147 Å². The number of oxime groups is 1. The Kier molecular flexibility index (Phi) is 5.53. The molecular formula is C17H18N8O3. The lowest BCUT2D eigenvalue weighted by Gasteiger charge is -2.04. The fraction of sp³-hybridized carbons (Fsp3) is 0.235. The molecule has 144 valence electrons. The van der Waals surface area contributed by atoms with Gasteiger partial charge in [-0.25, -0.2) is 14.6 Å². The quantitative estimate of drug-likeness (QED) is 0.370. The monoisotopic (exact) mass is 382 g/mol. The molecule has 3 rings (SSSR count). The molecule has 0 radical (unpaired) electrons. The number of hydrogen-bond donors (Lipinski definition) is 1. The highest BCUT2D eigenvalue weighted by atomic mass is 16.6. The molecule has 0 bridgehead atoms. The summed E-state index contributed by atoms with van der Waals surface area (Å²) in [4.78, 5) is 23.8. The molecule has 0 fully saturated rings. The first-order valence-electron chi connectivity index (χ1n) is 8.31. The van der Waals surface area contributed by atoms with Crippen LogP contribution in [0.2, 0.25) is 0 Å². The predicted molar refractivity (Wildman–Crippen MR) is 100 cm³/mol. The number of aromatic nitrogens is 5. The van der Waals surface area contributed by atoms with Crippen LogP contribution in [0.5, 0.6) is 0 Å². The third-order valence-electron chi connectivity index (χ3n) is 3.85. The van der Waals surface area contributed by atoms with E-state index in [1.165, 1.54) is 12.1 Å². The summed E-state index contributed by atoms with van der Waals surface area (Å²) in [6.45, 7) is 4.04. The summed E-state index contributed by atoms with van der Waals surface area (Å²) in [5.74, 6) is 1.01. The third-order valence-corrected chi connectivity index (χ3v) is 3.85. The second-order valence-corrected chi connectivity index (χ2v) is 5.99. The van der Waals surface area contributed by atoms with Crippen LogP contribution in [-0.4, -0.2) is 35.6 Å². The Balaban J connectivity index is 1.57. The van der Waals surface area contributed by atoms with Gasteiger partial charge in [-0.15, -0.1) is 5.10 Å². The lowest BCUT2D eigenvalue weighted by atomic mass is 10.1. The highest BCUT2D eigenvalue weighted by Gasteiger charge is 2.08. The molecule has 0 aliphatic rings. The Bertz CT molecular complexity index is 1010. The van der Waals surface area contributed by atoms with E-state index in [2.05, 4.69) is 25.4 Å². The van der Waals surface area contributed by atoms with Crippen molar-refractivity contribution in [1.82, 2.24) is 25.0 Å². The molecule has 0 amide bonds. The van der Waals surface area contributed by atoms with Gasteiger partial charge in [-0.3, -0.25) is 10.1 Å². The number of nitrogen functional groups attached to an aromatic ring is 1. The summed E-state index contributed by atoms with van der Waals surface area (Å²) in [6, 6.07) is 6.07. The van der Waals surface area contributed by atoms with Crippen molar-refractivity contribution in [2.45, 2.75) is 27.0 Å². The van der Waals surface area contributed by atoms with Gasteiger partial charge in [0.25, 0.3) is 5.69 Å². The van der Waals surface area contributed by atoms with E-state index in [4.69, 9.17) is 10.6 Å². The maximum atomic E-state index is 10.7. The minimum absolute atomic E-state index is 0.0219. The van der Waals surface area contributed by atoms with E-state index in [9.17, 15) is 10.1 Å². The molecular weight excluding hydrogens is 364 g/mol. The van der Waals surface area contributed by atoms with Gasteiger partial charge in [-0.2, -0.15) is 0 Å². The fourth-order valence-electron chi connectivity index (χ4n) is 2.36. The van der Waals surface area contributed by atoms with Gasteiger partial charge in [-0.05, 0) is 31.5 Å². The van der Waals surface area contributed by atoms with Crippen molar-refractivity contribution in [2.75, 3.05) is 5.73 Å². The van der Waals surface area contributed by atoms with E-state index in [1.54, 1.807) is 43.1 Å². The Labute approximate surface area is 160 Å². The maximum absolute atomic E-state index is 10.7. The number of hydrogen-bond acceptors (Lipinski definition) is 9.